The molecule has 1 fully saturated rings. The monoisotopic (exact) mass is 365 g/mol. The molecule has 1 heterocycles. The van der Waals surface area contributed by atoms with E-state index < -0.39 is 12.6 Å². The lowest BCUT2D eigenvalue weighted by Gasteiger charge is -2.19. The third kappa shape index (κ3) is 5.44. The molecule has 1 aromatic carbocycles. The van der Waals surface area contributed by atoms with Gasteiger partial charge in [-0.15, -0.1) is 0 Å². The van der Waals surface area contributed by atoms with Crippen molar-refractivity contribution in [2.75, 3.05) is 46.6 Å². The number of aryl methyl sites for hydroxylation is 2. The van der Waals surface area contributed by atoms with Crippen molar-refractivity contribution < 1.29 is 28.9 Å². The van der Waals surface area contributed by atoms with Crippen LogP contribution in [0.1, 0.15) is 27.9 Å². The predicted octanol–water partition coefficient (Wildman–Crippen LogP) is 1.89. The zero-order valence-corrected chi connectivity index (χ0v) is 15.6. The fourth-order valence-corrected chi connectivity index (χ4v) is 3.16. The number of ether oxygens (including phenoxy) is 3. The summed E-state index contributed by atoms with van der Waals surface area (Å²) in [5.41, 5.74) is 2.12. The minimum absolute atomic E-state index is 0.0135. The van der Waals surface area contributed by atoms with Gasteiger partial charge in [0.1, 0.15) is 5.75 Å². The number of amides is 1. The van der Waals surface area contributed by atoms with Crippen LogP contribution in [0.2, 0.25) is 0 Å². The Hall–Kier alpha value is -2.12. The molecule has 7 nitrogen and oxygen atoms in total. The number of methoxy groups -OCH3 is 1. The molecule has 26 heavy (non-hydrogen) atoms. The Balaban J connectivity index is 1.96. The molecule has 1 aliphatic rings. The van der Waals surface area contributed by atoms with Gasteiger partial charge in [0.2, 0.25) is 0 Å². The molecule has 1 unspecified atom stereocenters. The van der Waals surface area contributed by atoms with Gasteiger partial charge in [-0.1, -0.05) is 0 Å². The van der Waals surface area contributed by atoms with E-state index in [1.54, 1.807) is 19.2 Å². The third-order valence-electron chi connectivity index (χ3n) is 4.41. The largest absolute Gasteiger partial charge is 0.481 e. The summed E-state index contributed by atoms with van der Waals surface area (Å²) >= 11 is 0. The van der Waals surface area contributed by atoms with E-state index >= 15 is 0 Å². The number of benzene rings is 1. The van der Waals surface area contributed by atoms with Crippen LogP contribution < -0.4 is 4.74 Å². The summed E-state index contributed by atoms with van der Waals surface area (Å²) in [7, 11) is 1.64. The van der Waals surface area contributed by atoms with Crippen molar-refractivity contribution in [3.05, 3.63) is 28.8 Å². The lowest BCUT2D eigenvalue weighted by molar-refractivity contribution is -0.139. The first-order valence-electron chi connectivity index (χ1n) is 8.74. The maximum absolute atomic E-state index is 12.8. The number of aliphatic carboxylic acids is 1. The fraction of sp³-hybridized carbons (Fsp3) is 0.579. The van der Waals surface area contributed by atoms with Gasteiger partial charge in [0.25, 0.3) is 5.91 Å². The van der Waals surface area contributed by atoms with Gasteiger partial charge in [-0.3, -0.25) is 4.79 Å². The highest BCUT2D eigenvalue weighted by Crippen LogP contribution is 2.27. The maximum Gasteiger partial charge on any atom is 0.341 e. The van der Waals surface area contributed by atoms with E-state index in [-0.39, 0.29) is 5.91 Å². The number of carbonyl (C=O) groups excluding carboxylic acids is 1. The number of rotatable bonds is 9. The van der Waals surface area contributed by atoms with Crippen molar-refractivity contribution in [1.29, 1.82) is 0 Å². The summed E-state index contributed by atoms with van der Waals surface area (Å²) in [6, 6.07) is 3.52. The Labute approximate surface area is 153 Å². The van der Waals surface area contributed by atoms with E-state index in [1.165, 1.54) is 0 Å². The van der Waals surface area contributed by atoms with Crippen LogP contribution in [-0.4, -0.2) is 68.5 Å². The fourth-order valence-electron chi connectivity index (χ4n) is 3.16. The highest BCUT2D eigenvalue weighted by atomic mass is 16.5. The zero-order chi connectivity index (χ0) is 19.1. The number of hydrogen-bond acceptors (Lipinski definition) is 5. The molecule has 2 rings (SSSR count). The zero-order valence-electron chi connectivity index (χ0n) is 15.6. The molecule has 1 N–H and O–H groups in total. The number of carboxylic acids is 1. The Bertz CT molecular complexity index is 622. The summed E-state index contributed by atoms with van der Waals surface area (Å²) in [4.78, 5) is 25.3. The molecular formula is C19H27NO6. The standard InChI is InChI=1S/C19H27NO6/c1-13-8-16(9-14(2)18(13)26-12-17(21)22)19(23)20-5-4-15(10-20)11-25-7-6-24-3/h8-9,15H,4-7,10-12H2,1-3H3,(H,21,22). The second kappa shape index (κ2) is 9.54. The second-order valence-electron chi connectivity index (χ2n) is 6.60. The van der Waals surface area contributed by atoms with Gasteiger partial charge >= 0.3 is 5.97 Å². The van der Waals surface area contributed by atoms with Gasteiger partial charge in [-0.2, -0.15) is 0 Å². The second-order valence-corrected chi connectivity index (χ2v) is 6.60. The molecule has 0 saturated carbocycles. The lowest BCUT2D eigenvalue weighted by Crippen LogP contribution is -2.29. The third-order valence-corrected chi connectivity index (χ3v) is 4.41. The highest BCUT2D eigenvalue weighted by molar-refractivity contribution is 5.95. The van der Waals surface area contributed by atoms with Gasteiger partial charge in [0.15, 0.2) is 6.61 Å². The topological polar surface area (TPSA) is 85.3 Å². The van der Waals surface area contributed by atoms with E-state index in [0.717, 1.165) is 17.5 Å². The Morgan fingerprint density at radius 1 is 1.23 bits per heavy atom. The summed E-state index contributed by atoms with van der Waals surface area (Å²) in [5, 5.41) is 8.76. The van der Waals surface area contributed by atoms with E-state index in [9.17, 15) is 9.59 Å². The molecule has 0 bridgehead atoms. The normalized spacial score (nSPS) is 16.7. The van der Waals surface area contributed by atoms with E-state index in [4.69, 9.17) is 19.3 Å². The lowest BCUT2D eigenvalue weighted by atomic mass is 10.0. The average Bonchev–Trinajstić information content (AvgIpc) is 3.06. The SMILES string of the molecule is COCCOCC1CCN(C(=O)c2cc(C)c(OCC(=O)O)c(C)c2)C1. The van der Waals surface area contributed by atoms with Crippen molar-refractivity contribution in [2.24, 2.45) is 5.92 Å². The number of hydrogen-bond donors (Lipinski definition) is 1. The van der Waals surface area contributed by atoms with Crippen molar-refractivity contribution >= 4 is 11.9 Å². The molecule has 7 heteroatoms. The highest BCUT2D eigenvalue weighted by Gasteiger charge is 2.27. The van der Waals surface area contributed by atoms with Crippen molar-refractivity contribution in [3.63, 3.8) is 0 Å². The van der Waals surface area contributed by atoms with Crippen LogP contribution in [0.25, 0.3) is 0 Å². The van der Waals surface area contributed by atoms with Crippen LogP contribution in [0.15, 0.2) is 12.1 Å². The van der Waals surface area contributed by atoms with Crippen molar-refractivity contribution in [1.82, 2.24) is 4.90 Å². The summed E-state index contributed by atoms with van der Waals surface area (Å²) < 4.78 is 15.8. The maximum atomic E-state index is 12.8. The summed E-state index contributed by atoms with van der Waals surface area (Å²) in [6.07, 6.45) is 0.927. The van der Waals surface area contributed by atoms with Crippen LogP contribution in [0.3, 0.4) is 0 Å². The van der Waals surface area contributed by atoms with Gasteiger partial charge < -0.3 is 24.2 Å². The van der Waals surface area contributed by atoms with Crippen LogP contribution in [0, 0.1) is 19.8 Å². The first kappa shape index (κ1) is 20.2. The van der Waals surface area contributed by atoms with E-state index in [1.807, 2.05) is 18.7 Å². The number of carbonyl (C=O) groups is 2. The molecule has 1 aliphatic heterocycles. The Kier molecular flexibility index (Phi) is 7.41. The average molecular weight is 365 g/mol. The number of carboxylic acid groups (broad SMARTS) is 1. The van der Waals surface area contributed by atoms with Gasteiger partial charge in [0.05, 0.1) is 19.8 Å². The molecule has 0 aliphatic carbocycles. The van der Waals surface area contributed by atoms with Crippen LogP contribution in [-0.2, 0) is 14.3 Å². The number of nitrogens with zero attached hydrogens (tertiary/aromatic N) is 1. The molecule has 1 atom stereocenters. The quantitative estimate of drug-likeness (QED) is 0.673. The molecule has 144 valence electrons. The van der Waals surface area contributed by atoms with Crippen LogP contribution >= 0.6 is 0 Å². The van der Waals surface area contributed by atoms with Gasteiger partial charge in [-0.05, 0) is 43.5 Å². The van der Waals surface area contributed by atoms with Crippen LogP contribution in [0.4, 0.5) is 0 Å². The molecular weight excluding hydrogens is 338 g/mol. The first-order valence-corrected chi connectivity index (χ1v) is 8.74. The molecule has 1 aromatic rings. The molecule has 1 saturated heterocycles. The van der Waals surface area contributed by atoms with Crippen molar-refractivity contribution in [3.8, 4) is 5.75 Å². The molecule has 0 spiro atoms. The summed E-state index contributed by atoms with van der Waals surface area (Å²) in [6.45, 7) is 6.41. The molecule has 0 aromatic heterocycles. The van der Waals surface area contributed by atoms with Gasteiger partial charge in [-0.25, -0.2) is 4.79 Å². The van der Waals surface area contributed by atoms with E-state index in [0.29, 0.717) is 50.1 Å². The summed E-state index contributed by atoms with van der Waals surface area (Å²) in [5.74, 6) is -0.175. The molecule has 0 radical (unpaired) electrons. The predicted molar refractivity (Wildman–Crippen MR) is 95.8 cm³/mol. The minimum atomic E-state index is -1.03. The van der Waals surface area contributed by atoms with E-state index in [2.05, 4.69) is 0 Å². The van der Waals surface area contributed by atoms with Gasteiger partial charge in [0, 0.05) is 31.7 Å². The Morgan fingerprint density at radius 2 is 1.92 bits per heavy atom. The minimum Gasteiger partial charge on any atom is -0.481 e. The Morgan fingerprint density at radius 3 is 2.54 bits per heavy atom. The molecule has 1 amide bonds. The van der Waals surface area contributed by atoms with Crippen LogP contribution in [0.5, 0.6) is 5.75 Å². The van der Waals surface area contributed by atoms with Crippen molar-refractivity contribution in [2.45, 2.75) is 20.3 Å². The smallest absolute Gasteiger partial charge is 0.341 e. The first-order chi connectivity index (χ1) is 12.4. The number of likely N-dealkylation sites (tertiary alicyclic amines) is 1.